The van der Waals surface area contributed by atoms with E-state index in [0.29, 0.717) is 0 Å². The molecule has 12 heavy (non-hydrogen) atoms. The summed E-state index contributed by atoms with van der Waals surface area (Å²) in [5.74, 6) is -0.738. The quantitative estimate of drug-likeness (QED) is 0.687. The van der Waals surface area contributed by atoms with E-state index in [1.54, 1.807) is 0 Å². The van der Waals surface area contributed by atoms with Crippen molar-refractivity contribution in [3.05, 3.63) is 17.5 Å². The number of aromatic amines is 1. The lowest BCUT2D eigenvalue weighted by Crippen LogP contribution is -2.00. The number of alkyl halides is 2. The second-order valence-electron chi connectivity index (χ2n) is 2.00. The molecule has 0 radical (unpaired) electrons. The summed E-state index contributed by atoms with van der Waals surface area (Å²) in [6.07, 6.45) is -2.66. The van der Waals surface area contributed by atoms with Crippen LogP contribution in [0.25, 0.3) is 0 Å². The van der Waals surface area contributed by atoms with Gasteiger partial charge in [0.25, 0.3) is 6.43 Å². The molecule has 1 heterocycles. The van der Waals surface area contributed by atoms with E-state index in [9.17, 15) is 13.6 Å². The third-order valence-electron chi connectivity index (χ3n) is 1.23. The smallest absolute Gasteiger partial charge is 0.358 e. The van der Waals surface area contributed by atoms with E-state index >= 15 is 0 Å². The Bertz CT molecular complexity index is 285. The molecule has 0 spiro atoms. The van der Waals surface area contributed by atoms with E-state index in [-0.39, 0.29) is 5.69 Å². The van der Waals surface area contributed by atoms with Gasteiger partial charge in [0.15, 0.2) is 5.69 Å². The summed E-state index contributed by atoms with van der Waals surface area (Å²) in [5, 5.41) is 5.35. The summed E-state index contributed by atoms with van der Waals surface area (Å²) in [7, 11) is 1.15. The van der Waals surface area contributed by atoms with Gasteiger partial charge in [-0.05, 0) is 6.07 Å². The number of aromatic nitrogens is 2. The van der Waals surface area contributed by atoms with Crippen LogP contribution in [0.4, 0.5) is 8.78 Å². The predicted molar refractivity (Wildman–Crippen MR) is 34.9 cm³/mol. The van der Waals surface area contributed by atoms with Crippen LogP contribution in [0.2, 0.25) is 0 Å². The maximum Gasteiger partial charge on any atom is 0.358 e. The minimum absolute atomic E-state index is 0.146. The number of methoxy groups -OCH3 is 1. The zero-order valence-electron chi connectivity index (χ0n) is 6.17. The molecule has 0 aliphatic carbocycles. The molecule has 1 aromatic rings. The van der Waals surface area contributed by atoms with E-state index in [0.717, 1.165) is 13.2 Å². The number of ether oxygens (including phenoxy) is 1. The molecule has 0 unspecified atom stereocenters. The molecule has 0 aromatic carbocycles. The Morgan fingerprint density at radius 3 is 2.83 bits per heavy atom. The first kappa shape index (κ1) is 8.63. The number of rotatable bonds is 2. The minimum Gasteiger partial charge on any atom is -0.464 e. The largest absolute Gasteiger partial charge is 0.464 e. The van der Waals surface area contributed by atoms with Crippen LogP contribution in [-0.4, -0.2) is 23.3 Å². The first-order valence-electron chi connectivity index (χ1n) is 3.07. The molecule has 4 nitrogen and oxygen atoms in total. The fourth-order valence-corrected chi connectivity index (χ4v) is 0.658. The Hall–Kier alpha value is -1.46. The second-order valence-corrected chi connectivity index (χ2v) is 2.00. The lowest BCUT2D eigenvalue weighted by atomic mass is 10.3. The molecular weight excluding hydrogens is 170 g/mol. The van der Waals surface area contributed by atoms with Crippen molar-refractivity contribution in [3.8, 4) is 0 Å². The van der Waals surface area contributed by atoms with Crippen LogP contribution in [0, 0.1) is 0 Å². The molecule has 0 bridgehead atoms. The van der Waals surface area contributed by atoms with Crippen molar-refractivity contribution in [2.75, 3.05) is 7.11 Å². The van der Waals surface area contributed by atoms with Gasteiger partial charge >= 0.3 is 5.97 Å². The SMILES string of the molecule is COC(=O)c1cc(C(F)F)[nH]n1. The third kappa shape index (κ3) is 1.58. The monoisotopic (exact) mass is 176 g/mol. The normalized spacial score (nSPS) is 10.3. The molecule has 0 aliphatic heterocycles. The van der Waals surface area contributed by atoms with Crippen molar-refractivity contribution in [2.24, 2.45) is 0 Å². The fourth-order valence-electron chi connectivity index (χ4n) is 0.658. The van der Waals surface area contributed by atoms with Crippen LogP contribution in [0.15, 0.2) is 6.07 Å². The highest BCUT2D eigenvalue weighted by Gasteiger charge is 2.15. The average Bonchev–Trinajstić information content (AvgIpc) is 2.51. The molecule has 0 saturated heterocycles. The van der Waals surface area contributed by atoms with Crippen molar-refractivity contribution in [2.45, 2.75) is 6.43 Å². The molecule has 1 rings (SSSR count). The Labute approximate surface area is 66.5 Å². The van der Waals surface area contributed by atoms with Gasteiger partial charge in [-0.3, -0.25) is 5.10 Å². The van der Waals surface area contributed by atoms with Crippen LogP contribution in [-0.2, 0) is 4.74 Å². The number of hydrogen-bond acceptors (Lipinski definition) is 3. The molecule has 0 amide bonds. The van der Waals surface area contributed by atoms with Gasteiger partial charge in [0, 0.05) is 0 Å². The molecule has 0 aliphatic rings. The topological polar surface area (TPSA) is 55.0 Å². The lowest BCUT2D eigenvalue weighted by molar-refractivity contribution is 0.0594. The van der Waals surface area contributed by atoms with Gasteiger partial charge in [0.05, 0.1) is 7.11 Å². The van der Waals surface area contributed by atoms with E-state index in [1.165, 1.54) is 0 Å². The van der Waals surface area contributed by atoms with Crippen LogP contribution in [0.5, 0.6) is 0 Å². The molecule has 1 N–H and O–H groups in total. The van der Waals surface area contributed by atoms with Crippen LogP contribution >= 0.6 is 0 Å². The summed E-state index contributed by atoms with van der Waals surface area (Å²) < 4.78 is 28.1. The molecule has 6 heteroatoms. The highest BCUT2D eigenvalue weighted by atomic mass is 19.3. The van der Waals surface area contributed by atoms with E-state index in [2.05, 4.69) is 9.84 Å². The van der Waals surface area contributed by atoms with Gasteiger partial charge < -0.3 is 4.74 Å². The van der Waals surface area contributed by atoms with Gasteiger partial charge in [0.1, 0.15) is 5.69 Å². The molecular formula is C6H6F2N2O2. The van der Waals surface area contributed by atoms with Crippen molar-refractivity contribution in [1.82, 2.24) is 10.2 Å². The molecule has 1 aromatic heterocycles. The summed E-state index contributed by atoms with van der Waals surface area (Å²) >= 11 is 0. The Morgan fingerprint density at radius 1 is 1.75 bits per heavy atom. The Morgan fingerprint density at radius 2 is 2.42 bits per heavy atom. The first-order chi connectivity index (χ1) is 5.65. The van der Waals surface area contributed by atoms with Gasteiger partial charge in [-0.1, -0.05) is 0 Å². The number of esters is 1. The van der Waals surface area contributed by atoms with Gasteiger partial charge in [-0.2, -0.15) is 5.10 Å². The number of H-pyrrole nitrogens is 1. The van der Waals surface area contributed by atoms with Crippen molar-refractivity contribution < 1.29 is 18.3 Å². The highest BCUT2D eigenvalue weighted by molar-refractivity contribution is 5.87. The molecule has 66 valence electrons. The third-order valence-corrected chi connectivity index (χ3v) is 1.23. The Kier molecular flexibility index (Phi) is 2.37. The summed E-state index contributed by atoms with van der Waals surface area (Å²) in [6.45, 7) is 0. The van der Waals surface area contributed by atoms with Crippen LogP contribution in [0.3, 0.4) is 0 Å². The Balaban J connectivity index is 2.84. The molecule has 0 fully saturated rings. The first-order valence-corrected chi connectivity index (χ1v) is 3.07. The predicted octanol–water partition coefficient (Wildman–Crippen LogP) is 1.13. The molecule has 0 atom stereocenters. The lowest BCUT2D eigenvalue weighted by Gasteiger charge is -1.90. The maximum absolute atomic E-state index is 11.9. The summed E-state index contributed by atoms with van der Waals surface area (Å²) in [4.78, 5) is 10.7. The van der Waals surface area contributed by atoms with E-state index in [4.69, 9.17) is 0 Å². The standard InChI is InChI=1S/C6H6F2N2O2/c1-12-6(11)4-2-3(5(7)8)9-10-4/h2,5H,1H3,(H,9,10). The second kappa shape index (κ2) is 3.29. The fraction of sp³-hybridized carbons (Fsp3) is 0.333. The maximum atomic E-state index is 11.9. The van der Waals surface area contributed by atoms with Gasteiger partial charge in [-0.15, -0.1) is 0 Å². The minimum atomic E-state index is -2.66. The summed E-state index contributed by atoms with van der Waals surface area (Å²) in [5.41, 5.74) is -0.539. The highest BCUT2D eigenvalue weighted by Crippen LogP contribution is 2.16. The number of halogens is 2. The van der Waals surface area contributed by atoms with Crippen molar-refractivity contribution in [1.29, 1.82) is 0 Å². The molecule has 0 saturated carbocycles. The van der Waals surface area contributed by atoms with Gasteiger partial charge in [0.2, 0.25) is 0 Å². The number of nitrogens with zero attached hydrogens (tertiary/aromatic N) is 1. The number of nitrogens with one attached hydrogen (secondary N) is 1. The number of carbonyl (C=O) groups is 1. The number of hydrogen-bond donors (Lipinski definition) is 1. The average molecular weight is 176 g/mol. The van der Waals surface area contributed by atoms with Crippen LogP contribution in [0.1, 0.15) is 22.6 Å². The summed E-state index contributed by atoms with van der Waals surface area (Å²) in [6, 6.07) is 0.955. The van der Waals surface area contributed by atoms with Gasteiger partial charge in [-0.25, -0.2) is 13.6 Å². The zero-order valence-corrected chi connectivity index (χ0v) is 6.17. The van der Waals surface area contributed by atoms with Crippen molar-refractivity contribution in [3.63, 3.8) is 0 Å². The zero-order chi connectivity index (χ0) is 9.14. The van der Waals surface area contributed by atoms with E-state index < -0.39 is 18.1 Å². The van der Waals surface area contributed by atoms with E-state index in [1.807, 2.05) is 5.10 Å². The van der Waals surface area contributed by atoms with Crippen LogP contribution < -0.4 is 0 Å². The van der Waals surface area contributed by atoms with Crippen molar-refractivity contribution >= 4 is 5.97 Å². The number of carbonyl (C=O) groups excluding carboxylic acids is 1.